The molecule has 2 amide bonds. The lowest BCUT2D eigenvalue weighted by atomic mass is 9.99. The van der Waals surface area contributed by atoms with E-state index in [2.05, 4.69) is 10.6 Å². The zero-order valence-electron chi connectivity index (χ0n) is 12.1. The van der Waals surface area contributed by atoms with Crippen LogP contribution in [0.15, 0.2) is 30.3 Å². The molecule has 21 heavy (non-hydrogen) atoms. The number of hydrogen-bond donors (Lipinski definition) is 3. The van der Waals surface area contributed by atoms with Gasteiger partial charge in [0.15, 0.2) is 0 Å². The normalized spacial score (nSPS) is 13.0. The number of nitrogens with one attached hydrogen (secondary N) is 2. The standard InChI is InChI=1S/C15H20N2O4/c1-10(17-11(2)18)14(19)16-9-13(15(20)21)8-12-6-4-3-5-7-12/h3-7,10,13H,8-9H2,1-2H3,(H,16,19)(H,17,18)(H,20,21). The van der Waals surface area contributed by atoms with Gasteiger partial charge in [0, 0.05) is 13.5 Å². The van der Waals surface area contributed by atoms with Gasteiger partial charge < -0.3 is 15.7 Å². The molecule has 0 heterocycles. The number of carbonyl (C=O) groups excluding carboxylic acids is 2. The Kier molecular flexibility index (Phi) is 6.39. The molecule has 0 aliphatic heterocycles. The molecule has 0 bridgehead atoms. The maximum atomic E-state index is 11.7. The highest BCUT2D eigenvalue weighted by Gasteiger charge is 2.21. The first-order valence-electron chi connectivity index (χ1n) is 6.71. The second-order valence-corrected chi connectivity index (χ2v) is 4.89. The number of carbonyl (C=O) groups is 3. The minimum absolute atomic E-state index is 0.0208. The number of hydrogen-bond acceptors (Lipinski definition) is 3. The maximum Gasteiger partial charge on any atom is 0.308 e. The molecule has 1 aromatic carbocycles. The van der Waals surface area contributed by atoms with Crippen molar-refractivity contribution in [1.29, 1.82) is 0 Å². The Morgan fingerprint density at radius 3 is 2.33 bits per heavy atom. The molecule has 0 saturated heterocycles. The third-order valence-electron chi connectivity index (χ3n) is 3.01. The summed E-state index contributed by atoms with van der Waals surface area (Å²) in [7, 11) is 0. The van der Waals surface area contributed by atoms with Crippen molar-refractivity contribution in [3.05, 3.63) is 35.9 Å². The van der Waals surface area contributed by atoms with Crippen molar-refractivity contribution in [2.45, 2.75) is 26.3 Å². The van der Waals surface area contributed by atoms with Crippen LogP contribution in [-0.2, 0) is 20.8 Å². The largest absolute Gasteiger partial charge is 0.481 e. The van der Waals surface area contributed by atoms with Crippen molar-refractivity contribution in [3.63, 3.8) is 0 Å². The summed E-state index contributed by atoms with van der Waals surface area (Å²) in [5.41, 5.74) is 0.897. The quantitative estimate of drug-likeness (QED) is 0.684. The Morgan fingerprint density at radius 1 is 1.19 bits per heavy atom. The number of benzene rings is 1. The van der Waals surface area contributed by atoms with E-state index in [-0.39, 0.29) is 12.5 Å². The molecule has 1 aromatic rings. The van der Waals surface area contributed by atoms with E-state index in [0.29, 0.717) is 6.42 Å². The smallest absolute Gasteiger partial charge is 0.308 e. The molecular weight excluding hydrogens is 272 g/mol. The van der Waals surface area contributed by atoms with E-state index >= 15 is 0 Å². The first-order chi connectivity index (χ1) is 9.90. The first-order valence-corrected chi connectivity index (χ1v) is 6.71. The Labute approximate surface area is 123 Å². The molecule has 6 nitrogen and oxygen atoms in total. The van der Waals surface area contributed by atoms with E-state index in [4.69, 9.17) is 0 Å². The molecule has 0 fully saturated rings. The molecule has 2 unspecified atom stereocenters. The summed E-state index contributed by atoms with van der Waals surface area (Å²) in [6.07, 6.45) is 0.338. The number of amides is 2. The zero-order valence-corrected chi connectivity index (χ0v) is 12.1. The van der Waals surface area contributed by atoms with Crippen LogP contribution in [0, 0.1) is 5.92 Å². The van der Waals surface area contributed by atoms with Crippen molar-refractivity contribution >= 4 is 17.8 Å². The van der Waals surface area contributed by atoms with E-state index in [1.165, 1.54) is 6.92 Å². The lowest BCUT2D eigenvalue weighted by Crippen LogP contribution is -2.46. The summed E-state index contributed by atoms with van der Waals surface area (Å²) in [4.78, 5) is 33.8. The Morgan fingerprint density at radius 2 is 1.81 bits per heavy atom. The van der Waals surface area contributed by atoms with E-state index in [0.717, 1.165) is 5.56 Å². The molecule has 0 aliphatic rings. The molecule has 0 aliphatic carbocycles. The summed E-state index contributed by atoms with van der Waals surface area (Å²) in [6.45, 7) is 2.88. The predicted molar refractivity (Wildman–Crippen MR) is 77.6 cm³/mol. The summed E-state index contributed by atoms with van der Waals surface area (Å²) >= 11 is 0. The molecule has 0 radical (unpaired) electrons. The molecular formula is C15H20N2O4. The van der Waals surface area contributed by atoms with Gasteiger partial charge in [-0.2, -0.15) is 0 Å². The molecule has 1 rings (SSSR count). The van der Waals surface area contributed by atoms with Crippen LogP contribution in [0.25, 0.3) is 0 Å². The number of aliphatic carboxylic acids is 1. The van der Waals surface area contributed by atoms with Gasteiger partial charge >= 0.3 is 5.97 Å². The van der Waals surface area contributed by atoms with Gasteiger partial charge in [-0.25, -0.2) is 0 Å². The SMILES string of the molecule is CC(=O)NC(C)C(=O)NCC(Cc1ccccc1)C(=O)O. The average molecular weight is 292 g/mol. The molecule has 0 saturated carbocycles. The molecule has 0 spiro atoms. The van der Waals surface area contributed by atoms with Gasteiger partial charge in [-0.05, 0) is 18.9 Å². The number of carboxylic acid groups (broad SMARTS) is 1. The van der Waals surface area contributed by atoms with Crippen molar-refractivity contribution in [2.24, 2.45) is 5.92 Å². The van der Waals surface area contributed by atoms with Gasteiger partial charge in [0.2, 0.25) is 11.8 Å². The maximum absolute atomic E-state index is 11.7. The highest BCUT2D eigenvalue weighted by Crippen LogP contribution is 2.08. The monoisotopic (exact) mass is 292 g/mol. The Hall–Kier alpha value is -2.37. The van der Waals surface area contributed by atoms with Gasteiger partial charge in [0.05, 0.1) is 5.92 Å². The highest BCUT2D eigenvalue weighted by atomic mass is 16.4. The van der Waals surface area contributed by atoms with E-state index < -0.39 is 23.8 Å². The summed E-state index contributed by atoms with van der Waals surface area (Å²) in [5.74, 6) is -2.38. The van der Waals surface area contributed by atoms with E-state index in [1.807, 2.05) is 30.3 Å². The fraction of sp³-hybridized carbons (Fsp3) is 0.400. The average Bonchev–Trinajstić information content (AvgIpc) is 2.43. The van der Waals surface area contributed by atoms with Gasteiger partial charge in [-0.15, -0.1) is 0 Å². The zero-order chi connectivity index (χ0) is 15.8. The topological polar surface area (TPSA) is 95.5 Å². The van der Waals surface area contributed by atoms with Gasteiger partial charge in [-0.3, -0.25) is 14.4 Å². The lowest BCUT2D eigenvalue weighted by Gasteiger charge is -2.16. The minimum Gasteiger partial charge on any atom is -0.481 e. The predicted octanol–water partition coefficient (Wildman–Crippen LogP) is 0.571. The lowest BCUT2D eigenvalue weighted by molar-refractivity contribution is -0.141. The van der Waals surface area contributed by atoms with Crippen LogP contribution in [0.1, 0.15) is 19.4 Å². The van der Waals surface area contributed by atoms with Crippen molar-refractivity contribution < 1.29 is 19.5 Å². The molecule has 6 heteroatoms. The van der Waals surface area contributed by atoms with Crippen LogP contribution in [0.5, 0.6) is 0 Å². The van der Waals surface area contributed by atoms with Crippen LogP contribution in [-0.4, -0.2) is 35.5 Å². The van der Waals surface area contributed by atoms with Crippen LogP contribution >= 0.6 is 0 Å². The third kappa shape index (κ3) is 6.07. The van der Waals surface area contributed by atoms with Crippen LogP contribution in [0.4, 0.5) is 0 Å². The van der Waals surface area contributed by atoms with Crippen LogP contribution in [0.3, 0.4) is 0 Å². The van der Waals surface area contributed by atoms with Crippen molar-refractivity contribution in [3.8, 4) is 0 Å². The third-order valence-corrected chi connectivity index (χ3v) is 3.01. The van der Waals surface area contributed by atoms with Gasteiger partial charge in [0.25, 0.3) is 0 Å². The summed E-state index contributed by atoms with van der Waals surface area (Å²) < 4.78 is 0. The van der Waals surface area contributed by atoms with Crippen LogP contribution in [0.2, 0.25) is 0 Å². The molecule has 2 atom stereocenters. The first kappa shape index (κ1) is 16.7. The minimum atomic E-state index is -0.966. The Bertz CT molecular complexity index is 502. The van der Waals surface area contributed by atoms with Crippen molar-refractivity contribution in [1.82, 2.24) is 10.6 Å². The molecule has 114 valence electrons. The highest BCUT2D eigenvalue weighted by molar-refractivity contribution is 5.86. The second-order valence-electron chi connectivity index (χ2n) is 4.89. The fourth-order valence-corrected chi connectivity index (χ4v) is 1.89. The summed E-state index contributed by atoms with van der Waals surface area (Å²) in [5, 5.41) is 14.2. The fourth-order valence-electron chi connectivity index (χ4n) is 1.89. The summed E-state index contributed by atoms with van der Waals surface area (Å²) in [6, 6.07) is 8.54. The second kappa shape index (κ2) is 8.04. The van der Waals surface area contributed by atoms with E-state index in [9.17, 15) is 19.5 Å². The number of rotatable bonds is 7. The van der Waals surface area contributed by atoms with Gasteiger partial charge in [-0.1, -0.05) is 30.3 Å². The van der Waals surface area contributed by atoms with Crippen molar-refractivity contribution in [2.75, 3.05) is 6.54 Å². The van der Waals surface area contributed by atoms with E-state index in [1.54, 1.807) is 6.92 Å². The molecule has 3 N–H and O–H groups in total. The number of carboxylic acids is 1. The van der Waals surface area contributed by atoms with Gasteiger partial charge in [0.1, 0.15) is 6.04 Å². The Balaban J connectivity index is 2.54. The molecule has 0 aromatic heterocycles. The van der Waals surface area contributed by atoms with Crippen LogP contribution < -0.4 is 10.6 Å².